The molecule has 106 valence electrons. The molecule has 0 radical (unpaired) electrons. The third kappa shape index (κ3) is 4.16. The first kappa shape index (κ1) is 14.2. The quantitative estimate of drug-likeness (QED) is 0.901. The highest BCUT2D eigenvalue weighted by atomic mass is 32.1. The number of nitrogens with one attached hydrogen (secondary N) is 1. The number of amides is 1. The summed E-state index contributed by atoms with van der Waals surface area (Å²) in [7, 11) is 0. The minimum Gasteiger partial charge on any atom is -0.360 e. The van der Waals surface area contributed by atoms with Crippen molar-refractivity contribution in [1.29, 1.82) is 0 Å². The molecule has 0 spiro atoms. The van der Waals surface area contributed by atoms with Gasteiger partial charge in [-0.3, -0.25) is 4.79 Å². The number of hydrogen-bond donors (Lipinski definition) is 1. The molecule has 1 aliphatic rings. The van der Waals surface area contributed by atoms with E-state index >= 15 is 0 Å². The number of carbonyl (C=O) groups excluding carboxylic acids is 1. The molecule has 1 N–H and O–H groups in total. The minimum atomic E-state index is 0.252. The van der Waals surface area contributed by atoms with Gasteiger partial charge in [0.15, 0.2) is 0 Å². The Hall–Kier alpha value is -1.17. The van der Waals surface area contributed by atoms with E-state index in [9.17, 15) is 4.79 Å². The molecule has 0 aliphatic carbocycles. The first-order valence-electron chi connectivity index (χ1n) is 7.03. The van der Waals surface area contributed by atoms with Crippen LogP contribution < -0.4 is 5.32 Å². The fourth-order valence-electron chi connectivity index (χ4n) is 2.12. The largest absolute Gasteiger partial charge is 0.360 e. The molecular formula is C13H22N4OS. The molecule has 1 aliphatic heterocycles. The third-order valence-electron chi connectivity index (χ3n) is 3.41. The lowest BCUT2D eigenvalue weighted by Gasteiger charge is -2.18. The molecule has 0 bridgehead atoms. The van der Waals surface area contributed by atoms with Gasteiger partial charge in [0.05, 0.1) is 6.54 Å². The molecule has 2 rings (SSSR count). The SMILES string of the molecule is CCCNc1nnc(CN2CCC(C)CCC2=O)s1. The Morgan fingerprint density at radius 1 is 1.42 bits per heavy atom. The van der Waals surface area contributed by atoms with Crippen LogP contribution in [0.5, 0.6) is 0 Å². The number of anilines is 1. The summed E-state index contributed by atoms with van der Waals surface area (Å²) < 4.78 is 0. The maximum atomic E-state index is 12.0. The van der Waals surface area contributed by atoms with Gasteiger partial charge in [-0.2, -0.15) is 0 Å². The van der Waals surface area contributed by atoms with Gasteiger partial charge in [-0.1, -0.05) is 25.2 Å². The first-order chi connectivity index (χ1) is 9.19. The van der Waals surface area contributed by atoms with E-state index < -0.39 is 0 Å². The Morgan fingerprint density at radius 2 is 2.26 bits per heavy atom. The number of carbonyl (C=O) groups is 1. The highest BCUT2D eigenvalue weighted by Gasteiger charge is 2.21. The lowest BCUT2D eigenvalue weighted by molar-refractivity contribution is -0.131. The summed E-state index contributed by atoms with van der Waals surface area (Å²) in [4.78, 5) is 13.9. The Bertz CT molecular complexity index is 421. The molecule has 1 aromatic rings. The Kier molecular flexibility index (Phi) is 5.13. The Labute approximate surface area is 118 Å². The maximum absolute atomic E-state index is 12.0. The molecule has 1 fully saturated rings. The van der Waals surface area contributed by atoms with Crippen molar-refractivity contribution in [2.45, 2.75) is 46.1 Å². The predicted molar refractivity (Wildman–Crippen MR) is 77.1 cm³/mol. The predicted octanol–water partition coefficient (Wildman–Crippen LogP) is 2.51. The monoisotopic (exact) mass is 282 g/mol. The summed E-state index contributed by atoms with van der Waals surface area (Å²) in [5.74, 6) is 0.896. The van der Waals surface area contributed by atoms with Crippen LogP contribution in [0.4, 0.5) is 5.13 Å². The van der Waals surface area contributed by atoms with Crippen LogP contribution in [-0.2, 0) is 11.3 Å². The maximum Gasteiger partial charge on any atom is 0.222 e. The van der Waals surface area contributed by atoms with Gasteiger partial charge in [-0.15, -0.1) is 10.2 Å². The summed E-state index contributed by atoms with van der Waals surface area (Å²) in [6.07, 6.45) is 3.83. The molecule has 19 heavy (non-hydrogen) atoms. The van der Waals surface area contributed by atoms with Crippen LogP contribution in [0.3, 0.4) is 0 Å². The van der Waals surface area contributed by atoms with E-state index in [-0.39, 0.29) is 5.91 Å². The zero-order chi connectivity index (χ0) is 13.7. The van der Waals surface area contributed by atoms with E-state index in [4.69, 9.17) is 0 Å². The van der Waals surface area contributed by atoms with Gasteiger partial charge in [0.25, 0.3) is 0 Å². The van der Waals surface area contributed by atoms with E-state index in [0.717, 1.165) is 42.5 Å². The molecule has 0 saturated carbocycles. The second-order valence-electron chi connectivity index (χ2n) is 5.18. The Balaban J connectivity index is 1.92. The van der Waals surface area contributed by atoms with Crippen molar-refractivity contribution in [1.82, 2.24) is 15.1 Å². The van der Waals surface area contributed by atoms with Gasteiger partial charge in [0, 0.05) is 19.5 Å². The third-order valence-corrected chi connectivity index (χ3v) is 4.28. The zero-order valence-electron chi connectivity index (χ0n) is 11.7. The van der Waals surface area contributed by atoms with Crippen LogP contribution in [0.1, 0.15) is 44.5 Å². The van der Waals surface area contributed by atoms with Crippen LogP contribution in [0.25, 0.3) is 0 Å². The summed E-state index contributed by atoms with van der Waals surface area (Å²) in [6, 6.07) is 0. The minimum absolute atomic E-state index is 0.252. The average molecular weight is 282 g/mol. The van der Waals surface area contributed by atoms with Gasteiger partial charge in [0.1, 0.15) is 5.01 Å². The fraction of sp³-hybridized carbons (Fsp3) is 0.769. The van der Waals surface area contributed by atoms with Crippen molar-refractivity contribution in [3.63, 3.8) is 0 Å². The molecule has 5 nitrogen and oxygen atoms in total. The molecule has 1 amide bonds. The molecule has 1 saturated heterocycles. The van der Waals surface area contributed by atoms with E-state index in [0.29, 0.717) is 18.9 Å². The molecule has 0 aromatic carbocycles. The molecular weight excluding hydrogens is 260 g/mol. The number of aromatic nitrogens is 2. The molecule has 1 aromatic heterocycles. The van der Waals surface area contributed by atoms with Gasteiger partial charge in [-0.05, 0) is 25.2 Å². The summed E-state index contributed by atoms with van der Waals surface area (Å²) in [5, 5.41) is 13.3. The lowest BCUT2D eigenvalue weighted by Crippen LogP contribution is -2.29. The van der Waals surface area contributed by atoms with Crippen LogP contribution in [0.15, 0.2) is 0 Å². The molecule has 1 atom stereocenters. The second-order valence-corrected chi connectivity index (χ2v) is 6.24. The van der Waals surface area contributed by atoms with Gasteiger partial charge in [0.2, 0.25) is 11.0 Å². The summed E-state index contributed by atoms with van der Waals surface area (Å²) >= 11 is 1.55. The van der Waals surface area contributed by atoms with E-state index in [2.05, 4.69) is 29.4 Å². The number of nitrogens with zero attached hydrogens (tertiary/aromatic N) is 3. The van der Waals surface area contributed by atoms with E-state index in [1.54, 1.807) is 11.3 Å². The van der Waals surface area contributed by atoms with Crippen molar-refractivity contribution in [3.05, 3.63) is 5.01 Å². The van der Waals surface area contributed by atoms with Crippen molar-refractivity contribution >= 4 is 22.4 Å². The highest BCUT2D eigenvalue weighted by Crippen LogP contribution is 2.21. The second kappa shape index (κ2) is 6.84. The average Bonchev–Trinajstić information content (AvgIpc) is 2.79. The smallest absolute Gasteiger partial charge is 0.222 e. The number of likely N-dealkylation sites (tertiary alicyclic amines) is 1. The zero-order valence-corrected chi connectivity index (χ0v) is 12.5. The van der Waals surface area contributed by atoms with Crippen molar-refractivity contribution < 1.29 is 4.79 Å². The van der Waals surface area contributed by atoms with Crippen molar-refractivity contribution in [2.24, 2.45) is 5.92 Å². The first-order valence-corrected chi connectivity index (χ1v) is 7.84. The summed E-state index contributed by atoms with van der Waals surface area (Å²) in [6.45, 7) is 6.70. The Morgan fingerprint density at radius 3 is 3.05 bits per heavy atom. The number of hydrogen-bond acceptors (Lipinski definition) is 5. The van der Waals surface area contributed by atoms with Crippen molar-refractivity contribution in [3.8, 4) is 0 Å². The molecule has 1 unspecified atom stereocenters. The van der Waals surface area contributed by atoms with Gasteiger partial charge in [-0.25, -0.2) is 0 Å². The molecule has 6 heteroatoms. The standard InChI is InChI=1S/C13H22N4OS/c1-3-7-14-13-16-15-11(19-13)9-17-8-6-10(2)4-5-12(17)18/h10H,3-9H2,1-2H3,(H,14,16). The van der Waals surface area contributed by atoms with Crippen LogP contribution in [0.2, 0.25) is 0 Å². The highest BCUT2D eigenvalue weighted by molar-refractivity contribution is 7.15. The van der Waals surface area contributed by atoms with Crippen LogP contribution >= 0.6 is 11.3 Å². The van der Waals surface area contributed by atoms with E-state index in [1.807, 2.05) is 4.90 Å². The van der Waals surface area contributed by atoms with E-state index in [1.165, 1.54) is 0 Å². The topological polar surface area (TPSA) is 58.1 Å². The molecule has 2 heterocycles. The number of rotatable bonds is 5. The van der Waals surface area contributed by atoms with Gasteiger partial charge >= 0.3 is 0 Å². The van der Waals surface area contributed by atoms with Crippen LogP contribution in [-0.4, -0.2) is 34.1 Å². The fourth-order valence-corrected chi connectivity index (χ4v) is 2.91. The van der Waals surface area contributed by atoms with Gasteiger partial charge < -0.3 is 10.2 Å². The lowest BCUT2D eigenvalue weighted by atomic mass is 10.0. The van der Waals surface area contributed by atoms with Crippen molar-refractivity contribution in [2.75, 3.05) is 18.4 Å². The normalized spacial score (nSPS) is 20.4. The van der Waals surface area contributed by atoms with Crippen LogP contribution in [0, 0.1) is 5.92 Å². The summed E-state index contributed by atoms with van der Waals surface area (Å²) in [5.41, 5.74) is 0.